The second-order valence-corrected chi connectivity index (χ2v) is 5.12. The molecule has 1 N–H and O–H groups in total. The molecule has 0 bridgehead atoms. The van der Waals surface area contributed by atoms with Gasteiger partial charge in [0.2, 0.25) is 0 Å². The van der Waals surface area contributed by atoms with E-state index >= 15 is 0 Å². The Labute approximate surface area is 116 Å². The lowest BCUT2D eigenvalue weighted by Gasteiger charge is -2.30. The number of rotatable bonds is 6. The van der Waals surface area contributed by atoms with Crippen LogP contribution in [0, 0.1) is 5.92 Å². The molecule has 0 radical (unpaired) electrons. The molecule has 2 rings (SSSR count). The molecule has 1 fully saturated rings. The number of hydrogen-bond donors (Lipinski definition) is 1. The van der Waals surface area contributed by atoms with E-state index in [1.807, 2.05) is 20.0 Å². The van der Waals surface area contributed by atoms with E-state index in [9.17, 15) is 0 Å². The maximum atomic E-state index is 5.62. The molecule has 1 unspecified atom stereocenters. The van der Waals surface area contributed by atoms with E-state index in [4.69, 9.17) is 9.47 Å². The third-order valence-electron chi connectivity index (χ3n) is 3.86. The Kier molecular flexibility index (Phi) is 5.67. The largest absolute Gasteiger partial charge is 0.494 e. The number of ether oxygens (including phenoxy) is 2. The second-order valence-electron chi connectivity index (χ2n) is 5.12. The van der Waals surface area contributed by atoms with Gasteiger partial charge >= 0.3 is 0 Å². The highest BCUT2D eigenvalue weighted by molar-refractivity contribution is 5.31. The molecule has 0 saturated carbocycles. The summed E-state index contributed by atoms with van der Waals surface area (Å²) < 4.78 is 11.1. The topological polar surface area (TPSA) is 30.5 Å². The van der Waals surface area contributed by atoms with Gasteiger partial charge in [-0.25, -0.2) is 0 Å². The molecular formula is C16H25NO2. The molecule has 1 aliphatic rings. The van der Waals surface area contributed by atoms with E-state index < -0.39 is 0 Å². The third-order valence-corrected chi connectivity index (χ3v) is 3.86. The predicted octanol–water partition coefficient (Wildman–Crippen LogP) is 2.81. The maximum Gasteiger partial charge on any atom is 0.119 e. The minimum absolute atomic E-state index is 0.550. The Morgan fingerprint density at radius 1 is 1.37 bits per heavy atom. The Hall–Kier alpha value is -1.06. The highest BCUT2D eigenvalue weighted by atomic mass is 16.5. The van der Waals surface area contributed by atoms with E-state index in [0.717, 1.165) is 45.0 Å². The number of hydrogen-bond acceptors (Lipinski definition) is 3. The molecule has 1 aromatic rings. The van der Waals surface area contributed by atoms with Crippen LogP contribution in [0.15, 0.2) is 24.3 Å². The van der Waals surface area contributed by atoms with Crippen LogP contribution in [0.1, 0.15) is 31.2 Å². The van der Waals surface area contributed by atoms with Crippen molar-refractivity contribution >= 4 is 0 Å². The fourth-order valence-corrected chi connectivity index (χ4v) is 2.90. The van der Waals surface area contributed by atoms with E-state index in [2.05, 4.69) is 23.5 Å². The van der Waals surface area contributed by atoms with E-state index in [-0.39, 0.29) is 0 Å². The average molecular weight is 263 g/mol. The van der Waals surface area contributed by atoms with Crippen molar-refractivity contribution in [3.63, 3.8) is 0 Å². The van der Waals surface area contributed by atoms with Crippen molar-refractivity contribution in [1.29, 1.82) is 0 Å². The van der Waals surface area contributed by atoms with Crippen LogP contribution in [-0.2, 0) is 4.74 Å². The Morgan fingerprint density at radius 2 is 2.16 bits per heavy atom. The smallest absolute Gasteiger partial charge is 0.119 e. The molecule has 0 amide bonds. The third kappa shape index (κ3) is 3.95. The van der Waals surface area contributed by atoms with Gasteiger partial charge in [0.15, 0.2) is 0 Å². The molecular weight excluding hydrogens is 238 g/mol. The van der Waals surface area contributed by atoms with Crippen molar-refractivity contribution < 1.29 is 9.47 Å². The summed E-state index contributed by atoms with van der Waals surface area (Å²) in [6.45, 7) is 5.56. The van der Waals surface area contributed by atoms with Crippen LogP contribution in [0.2, 0.25) is 0 Å². The number of nitrogens with one attached hydrogen (secondary N) is 1. The lowest BCUT2D eigenvalue weighted by Crippen LogP contribution is -2.28. The molecule has 3 heteroatoms. The first-order chi connectivity index (χ1) is 9.35. The molecule has 106 valence electrons. The first kappa shape index (κ1) is 14.4. The Morgan fingerprint density at radius 3 is 2.84 bits per heavy atom. The summed E-state index contributed by atoms with van der Waals surface area (Å²) in [6.07, 6.45) is 2.32. The molecule has 1 atom stereocenters. The van der Waals surface area contributed by atoms with Crippen molar-refractivity contribution in [2.45, 2.75) is 25.7 Å². The zero-order valence-electron chi connectivity index (χ0n) is 12.0. The molecule has 19 heavy (non-hydrogen) atoms. The van der Waals surface area contributed by atoms with Gasteiger partial charge in [0.05, 0.1) is 6.61 Å². The summed E-state index contributed by atoms with van der Waals surface area (Å²) in [4.78, 5) is 0. The molecule has 0 spiro atoms. The zero-order valence-corrected chi connectivity index (χ0v) is 12.0. The Bertz CT molecular complexity index is 375. The maximum absolute atomic E-state index is 5.62. The van der Waals surface area contributed by atoms with Crippen molar-refractivity contribution in [3.8, 4) is 5.75 Å². The molecule has 1 aliphatic heterocycles. The number of benzene rings is 1. The summed E-state index contributed by atoms with van der Waals surface area (Å²) >= 11 is 0. The van der Waals surface area contributed by atoms with Crippen molar-refractivity contribution in [1.82, 2.24) is 5.32 Å². The zero-order chi connectivity index (χ0) is 13.5. The van der Waals surface area contributed by atoms with Gasteiger partial charge in [-0.05, 0) is 56.3 Å². The first-order valence-electron chi connectivity index (χ1n) is 7.30. The van der Waals surface area contributed by atoms with Gasteiger partial charge in [-0.1, -0.05) is 12.1 Å². The summed E-state index contributed by atoms with van der Waals surface area (Å²) in [5, 5.41) is 3.33. The van der Waals surface area contributed by atoms with Crippen LogP contribution in [0.3, 0.4) is 0 Å². The summed E-state index contributed by atoms with van der Waals surface area (Å²) in [7, 11) is 2.03. The SMILES string of the molecule is CCOc1cccc(C(CNC)C2CCOCC2)c1. The fraction of sp³-hybridized carbons (Fsp3) is 0.625. The van der Waals surface area contributed by atoms with Gasteiger partial charge in [0.1, 0.15) is 5.75 Å². The van der Waals surface area contributed by atoms with Gasteiger partial charge < -0.3 is 14.8 Å². The van der Waals surface area contributed by atoms with E-state index in [1.165, 1.54) is 5.56 Å². The van der Waals surface area contributed by atoms with Crippen molar-refractivity contribution in [2.24, 2.45) is 5.92 Å². The average Bonchev–Trinajstić information content (AvgIpc) is 2.46. The summed E-state index contributed by atoms with van der Waals surface area (Å²) in [5.74, 6) is 2.24. The van der Waals surface area contributed by atoms with Crippen LogP contribution in [-0.4, -0.2) is 33.4 Å². The van der Waals surface area contributed by atoms with Crippen LogP contribution in [0.4, 0.5) is 0 Å². The van der Waals surface area contributed by atoms with Gasteiger partial charge in [-0.3, -0.25) is 0 Å². The van der Waals surface area contributed by atoms with Crippen LogP contribution in [0.25, 0.3) is 0 Å². The van der Waals surface area contributed by atoms with Crippen LogP contribution >= 0.6 is 0 Å². The van der Waals surface area contributed by atoms with Crippen LogP contribution < -0.4 is 10.1 Å². The monoisotopic (exact) mass is 263 g/mol. The van der Waals surface area contributed by atoms with E-state index in [1.54, 1.807) is 0 Å². The highest BCUT2D eigenvalue weighted by Gasteiger charge is 2.25. The lowest BCUT2D eigenvalue weighted by molar-refractivity contribution is 0.0578. The fourth-order valence-electron chi connectivity index (χ4n) is 2.90. The first-order valence-corrected chi connectivity index (χ1v) is 7.30. The molecule has 0 aliphatic carbocycles. The Balaban J connectivity index is 2.14. The molecule has 3 nitrogen and oxygen atoms in total. The van der Waals surface area contributed by atoms with Gasteiger partial charge in [-0.2, -0.15) is 0 Å². The van der Waals surface area contributed by atoms with Crippen molar-refractivity contribution in [3.05, 3.63) is 29.8 Å². The van der Waals surface area contributed by atoms with Crippen LogP contribution in [0.5, 0.6) is 5.75 Å². The summed E-state index contributed by atoms with van der Waals surface area (Å²) in [6, 6.07) is 8.55. The normalized spacial score (nSPS) is 18.2. The highest BCUT2D eigenvalue weighted by Crippen LogP contribution is 2.33. The predicted molar refractivity (Wildman–Crippen MR) is 77.8 cm³/mol. The molecule has 0 aromatic heterocycles. The summed E-state index contributed by atoms with van der Waals surface area (Å²) in [5.41, 5.74) is 1.38. The standard InChI is InChI=1S/C16H25NO2/c1-3-19-15-6-4-5-14(11-15)16(12-17-2)13-7-9-18-10-8-13/h4-6,11,13,16-17H,3,7-10,12H2,1-2H3. The molecule has 1 aromatic carbocycles. The molecule has 1 saturated heterocycles. The van der Waals surface area contributed by atoms with Gasteiger partial charge in [-0.15, -0.1) is 0 Å². The van der Waals surface area contributed by atoms with Gasteiger partial charge in [0.25, 0.3) is 0 Å². The van der Waals surface area contributed by atoms with E-state index in [0.29, 0.717) is 11.8 Å². The quantitative estimate of drug-likeness (QED) is 0.856. The minimum Gasteiger partial charge on any atom is -0.494 e. The number of likely N-dealkylation sites (N-methyl/N-ethyl adjacent to an activating group) is 1. The van der Waals surface area contributed by atoms with Crippen molar-refractivity contribution in [2.75, 3.05) is 33.4 Å². The minimum atomic E-state index is 0.550. The second kappa shape index (κ2) is 7.51. The van der Waals surface area contributed by atoms with Gasteiger partial charge in [0, 0.05) is 19.8 Å². The molecule has 1 heterocycles. The lowest BCUT2D eigenvalue weighted by atomic mass is 9.81.